The highest BCUT2D eigenvalue weighted by molar-refractivity contribution is 5.93. The number of nitrogens with zero attached hydrogens (tertiary/aromatic N) is 2. The third-order valence-electron chi connectivity index (χ3n) is 3.65. The molecule has 3 fully saturated rings. The summed E-state index contributed by atoms with van der Waals surface area (Å²) in [5, 5.41) is 3.41. The highest BCUT2D eigenvalue weighted by atomic mass is 35.5. The summed E-state index contributed by atoms with van der Waals surface area (Å²) in [5.41, 5.74) is 0.480. The molecule has 3 unspecified atom stereocenters. The van der Waals surface area contributed by atoms with E-state index >= 15 is 0 Å². The smallest absolute Gasteiger partial charge is 0.275 e. The lowest BCUT2D eigenvalue weighted by atomic mass is 9.72. The maximum atomic E-state index is 11.9. The second kappa shape index (κ2) is 5.47. The predicted molar refractivity (Wildman–Crippen MR) is 71.7 cm³/mol. The number of hydrogen-bond acceptors (Lipinski definition) is 4. The zero-order valence-corrected chi connectivity index (χ0v) is 11.9. The fourth-order valence-electron chi connectivity index (χ4n) is 2.74. The maximum Gasteiger partial charge on any atom is 0.275 e. The molecule has 0 spiro atoms. The summed E-state index contributed by atoms with van der Waals surface area (Å²) < 4.78 is 5.42. The summed E-state index contributed by atoms with van der Waals surface area (Å²) in [6, 6.07) is 0.478. The highest BCUT2D eigenvalue weighted by Crippen LogP contribution is 2.47. The average Bonchev–Trinajstić information content (AvgIpc) is 2.90. The molecule has 2 saturated heterocycles. The van der Waals surface area contributed by atoms with E-state index in [4.69, 9.17) is 4.42 Å². The standard InChI is InChI=1S/C11H15N3O2.2ClH/c1-14(2)11(15)9-10(16-5-13-9)8-6-3-7(8)12-4-6;;/h5-8,12H,3-4H2,1-2H3;2*1H. The van der Waals surface area contributed by atoms with Crippen LogP contribution in [-0.2, 0) is 0 Å². The molecule has 1 aromatic heterocycles. The quantitative estimate of drug-likeness (QED) is 0.893. The molecule has 7 heteroatoms. The molecular weight excluding hydrogens is 277 g/mol. The van der Waals surface area contributed by atoms with Crippen molar-refractivity contribution in [2.75, 3.05) is 20.6 Å². The molecule has 2 bridgehead atoms. The fraction of sp³-hybridized carbons (Fsp3) is 0.636. The molecule has 3 heterocycles. The van der Waals surface area contributed by atoms with Gasteiger partial charge in [0.2, 0.25) is 0 Å². The van der Waals surface area contributed by atoms with Crippen molar-refractivity contribution in [3.05, 3.63) is 17.8 Å². The molecule has 0 aromatic carbocycles. The van der Waals surface area contributed by atoms with Gasteiger partial charge in [-0.15, -0.1) is 24.8 Å². The van der Waals surface area contributed by atoms with Crippen molar-refractivity contribution in [3.63, 3.8) is 0 Å². The van der Waals surface area contributed by atoms with Gasteiger partial charge in [0, 0.05) is 26.1 Å². The van der Waals surface area contributed by atoms with Crippen molar-refractivity contribution >= 4 is 30.7 Å². The average molecular weight is 294 g/mol. The number of rotatable bonds is 2. The third-order valence-corrected chi connectivity index (χ3v) is 3.65. The topological polar surface area (TPSA) is 58.4 Å². The molecule has 3 aliphatic rings. The summed E-state index contributed by atoms with van der Waals surface area (Å²) >= 11 is 0. The molecule has 102 valence electrons. The van der Waals surface area contributed by atoms with Crippen LogP contribution in [0.25, 0.3) is 0 Å². The summed E-state index contributed by atoms with van der Waals surface area (Å²) in [5.74, 6) is 1.66. The minimum atomic E-state index is -0.0740. The number of nitrogens with one attached hydrogen (secondary N) is 1. The first-order valence-corrected chi connectivity index (χ1v) is 5.57. The minimum Gasteiger partial charge on any atom is -0.447 e. The van der Waals surface area contributed by atoms with E-state index in [1.54, 1.807) is 14.1 Å². The Hall–Kier alpha value is -0.780. The fourth-order valence-corrected chi connectivity index (χ4v) is 2.74. The third kappa shape index (κ3) is 2.11. The lowest BCUT2D eigenvalue weighted by Gasteiger charge is -2.32. The van der Waals surface area contributed by atoms with Crippen LogP contribution in [0.2, 0.25) is 0 Å². The zero-order chi connectivity index (χ0) is 11.3. The summed E-state index contributed by atoms with van der Waals surface area (Å²) in [4.78, 5) is 17.5. The molecule has 1 amide bonds. The molecule has 2 aliphatic heterocycles. The molecule has 0 radical (unpaired) electrons. The molecule has 3 atom stereocenters. The van der Waals surface area contributed by atoms with Crippen LogP contribution >= 0.6 is 24.8 Å². The first-order valence-electron chi connectivity index (χ1n) is 5.57. The molecular formula is C11H17Cl2N3O2. The monoisotopic (exact) mass is 293 g/mol. The summed E-state index contributed by atoms with van der Waals surface area (Å²) in [6.07, 6.45) is 2.57. The van der Waals surface area contributed by atoms with Crippen LogP contribution in [-0.4, -0.2) is 42.5 Å². The van der Waals surface area contributed by atoms with E-state index in [1.807, 2.05) is 0 Å². The van der Waals surface area contributed by atoms with Gasteiger partial charge in [0.15, 0.2) is 12.1 Å². The number of halogens is 2. The molecule has 1 N–H and O–H groups in total. The first kappa shape index (κ1) is 15.3. The summed E-state index contributed by atoms with van der Waals surface area (Å²) in [6.45, 7) is 1.03. The minimum absolute atomic E-state index is 0. The van der Waals surface area contributed by atoms with Gasteiger partial charge in [0.25, 0.3) is 5.91 Å². The van der Waals surface area contributed by atoms with Gasteiger partial charge in [-0.1, -0.05) is 0 Å². The number of oxazole rings is 1. The Bertz CT molecular complexity index is 422. The lowest BCUT2D eigenvalue weighted by Crippen LogP contribution is -2.36. The van der Waals surface area contributed by atoms with Crippen molar-refractivity contribution in [1.29, 1.82) is 0 Å². The number of carbonyl (C=O) groups excluding carboxylic acids is 1. The molecule has 18 heavy (non-hydrogen) atoms. The van der Waals surface area contributed by atoms with E-state index in [-0.39, 0.29) is 30.7 Å². The van der Waals surface area contributed by atoms with E-state index in [2.05, 4.69) is 10.3 Å². The Labute approximate surface area is 118 Å². The molecule has 1 aliphatic carbocycles. The number of fused-ring (bicyclic) bond motifs is 1. The number of carbonyl (C=O) groups is 1. The second-order valence-corrected chi connectivity index (χ2v) is 4.80. The van der Waals surface area contributed by atoms with Crippen LogP contribution in [0.3, 0.4) is 0 Å². The van der Waals surface area contributed by atoms with Gasteiger partial charge in [-0.2, -0.15) is 0 Å². The predicted octanol–water partition coefficient (Wildman–Crippen LogP) is 1.30. The Morgan fingerprint density at radius 3 is 2.72 bits per heavy atom. The Kier molecular flexibility index (Phi) is 4.64. The van der Waals surface area contributed by atoms with E-state index in [0.717, 1.165) is 12.3 Å². The van der Waals surface area contributed by atoms with Crippen molar-refractivity contribution in [3.8, 4) is 0 Å². The highest BCUT2D eigenvalue weighted by Gasteiger charge is 2.50. The van der Waals surface area contributed by atoms with Gasteiger partial charge in [0.1, 0.15) is 5.76 Å². The van der Waals surface area contributed by atoms with Gasteiger partial charge in [-0.25, -0.2) is 4.98 Å². The van der Waals surface area contributed by atoms with Gasteiger partial charge in [-0.3, -0.25) is 4.79 Å². The van der Waals surface area contributed by atoms with Crippen LogP contribution in [0.5, 0.6) is 0 Å². The van der Waals surface area contributed by atoms with Crippen LogP contribution in [0.1, 0.15) is 28.6 Å². The van der Waals surface area contributed by atoms with Gasteiger partial charge < -0.3 is 14.6 Å². The van der Waals surface area contributed by atoms with Crippen molar-refractivity contribution in [2.24, 2.45) is 5.92 Å². The lowest BCUT2D eigenvalue weighted by molar-refractivity contribution is 0.0817. The normalized spacial score (nSPS) is 27.8. The first-order chi connectivity index (χ1) is 7.68. The van der Waals surface area contributed by atoms with E-state index < -0.39 is 0 Å². The second-order valence-electron chi connectivity index (χ2n) is 4.80. The Morgan fingerprint density at radius 1 is 1.50 bits per heavy atom. The van der Waals surface area contributed by atoms with Crippen LogP contribution in [0.15, 0.2) is 10.8 Å². The van der Waals surface area contributed by atoms with Crippen LogP contribution in [0, 0.1) is 5.92 Å². The maximum absolute atomic E-state index is 11.9. The van der Waals surface area contributed by atoms with Crippen LogP contribution in [0.4, 0.5) is 0 Å². The zero-order valence-electron chi connectivity index (χ0n) is 10.3. The van der Waals surface area contributed by atoms with Crippen molar-refractivity contribution in [2.45, 2.75) is 18.4 Å². The largest absolute Gasteiger partial charge is 0.447 e. The number of hydrogen-bond donors (Lipinski definition) is 1. The van der Waals surface area contributed by atoms with E-state index in [9.17, 15) is 4.79 Å². The number of aromatic nitrogens is 1. The molecule has 5 nitrogen and oxygen atoms in total. The Balaban J connectivity index is 0.000000810. The number of amides is 1. The van der Waals surface area contributed by atoms with Gasteiger partial charge in [-0.05, 0) is 18.9 Å². The van der Waals surface area contributed by atoms with E-state index in [1.165, 1.54) is 17.7 Å². The molecule has 1 saturated carbocycles. The summed E-state index contributed by atoms with van der Waals surface area (Å²) in [7, 11) is 3.46. The molecule has 1 aromatic rings. The van der Waals surface area contributed by atoms with Gasteiger partial charge in [0.05, 0.1) is 0 Å². The van der Waals surface area contributed by atoms with Gasteiger partial charge >= 0.3 is 0 Å². The van der Waals surface area contributed by atoms with Crippen molar-refractivity contribution in [1.82, 2.24) is 15.2 Å². The Morgan fingerprint density at radius 2 is 2.22 bits per heavy atom. The van der Waals surface area contributed by atoms with Crippen LogP contribution < -0.4 is 5.32 Å². The SMILES string of the molecule is CN(C)C(=O)c1ncoc1C1C2CNC1C2.Cl.Cl. The molecule has 4 rings (SSSR count). The van der Waals surface area contributed by atoms with E-state index in [0.29, 0.717) is 23.6 Å². The van der Waals surface area contributed by atoms with Crippen molar-refractivity contribution < 1.29 is 9.21 Å².